The fourth-order valence-corrected chi connectivity index (χ4v) is 3.41. The smallest absolute Gasteiger partial charge is 0.227 e. The lowest BCUT2D eigenvalue weighted by atomic mass is 10.1. The van der Waals surface area contributed by atoms with Crippen LogP contribution in [0.2, 0.25) is 0 Å². The molecule has 1 aromatic carbocycles. The van der Waals surface area contributed by atoms with Gasteiger partial charge >= 0.3 is 0 Å². The molecule has 2 aromatic heterocycles. The van der Waals surface area contributed by atoms with Crippen LogP contribution in [0.15, 0.2) is 42.7 Å². The minimum atomic E-state index is 0.105. The molecule has 8 heteroatoms. The van der Waals surface area contributed by atoms with Crippen molar-refractivity contribution < 1.29 is 14.3 Å². The summed E-state index contributed by atoms with van der Waals surface area (Å²) in [4.78, 5) is 21.1. The molecule has 3 aromatic rings. The number of ether oxygens (including phenoxy) is 2. The number of benzene rings is 1. The van der Waals surface area contributed by atoms with E-state index in [4.69, 9.17) is 9.47 Å². The van der Waals surface area contributed by atoms with Crippen molar-refractivity contribution in [2.45, 2.75) is 6.42 Å². The van der Waals surface area contributed by atoms with E-state index in [1.165, 1.54) is 0 Å². The highest BCUT2D eigenvalue weighted by molar-refractivity contribution is 5.79. The van der Waals surface area contributed by atoms with Crippen LogP contribution in [-0.2, 0) is 11.2 Å². The van der Waals surface area contributed by atoms with E-state index in [9.17, 15) is 4.79 Å². The topological polar surface area (TPSA) is 72.2 Å². The van der Waals surface area contributed by atoms with Gasteiger partial charge in [-0.2, -0.15) is 0 Å². The van der Waals surface area contributed by atoms with E-state index in [-0.39, 0.29) is 5.91 Å². The standard InChI is InChI=1S/C20H23N5O3/c1-27-16-11-15(12-17(14-16)28-2)13-20(26)24-9-7-23(8-10-24)19-4-3-18-21-5-6-25(18)22-19/h3-6,11-12,14H,7-10,13H2,1-2H3. The molecule has 0 unspecified atom stereocenters. The summed E-state index contributed by atoms with van der Waals surface area (Å²) in [5.74, 6) is 2.38. The fraction of sp³-hybridized carbons (Fsp3) is 0.350. The average molecular weight is 381 g/mol. The van der Waals surface area contributed by atoms with Crippen LogP contribution in [0.1, 0.15) is 5.56 Å². The predicted octanol–water partition coefficient (Wildman–Crippen LogP) is 1.64. The lowest BCUT2D eigenvalue weighted by Gasteiger charge is -2.35. The highest BCUT2D eigenvalue weighted by Gasteiger charge is 2.22. The monoisotopic (exact) mass is 381 g/mol. The van der Waals surface area contributed by atoms with Gasteiger partial charge in [0.2, 0.25) is 5.91 Å². The van der Waals surface area contributed by atoms with Gasteiger partial charge < -0.3 is 19.3 Å². The van der Waals surface area contributed by atoms with E-state index in [0.717, 1.165) is 30.1 Å². The van der Waals surface area contributed by atoms with Crippen LogP contribution in [0.4, 0.5) is 5.82 Å². The Morgan fingerprint density at radius 2 is 1.75 bits per heavy atom. The number of aromatic nitrogens is 3. The Morgan fingerprint density at radius 3 is 2.43 bits per heavy atom. The second-order valence-corrected chi connectivity index (χ2v) is 6.69. The molecule has 28 heavy (non-hydrogen) atoms. The van der Waals surface area contributed by atoms with Gasteiger partial charge in [0.1, 0.15) is 17.3 Å². The molecule has 4 rings (SSSR count). The Bertz CT molecular complexity index is 957. The van der Waals surface area contributed by atoms with Gasteiger partial charge in [-0.15, -0.1) is 5.10 Å². The Kier molecular flexibility index (Phi) is 5.01. The van der Waals surface area contributed by atoms with Crippen LogP contribution in [0.3, 0.4) is 0 Å². The van der Waals surface area contributed by atoms with Gasteiger partial charge in [0.25, 0.3) is 0 Å². The second kappa shape index (κ2) is 7.75. The minimum absolute atomic E-state index is 0.105. The number of amides is 1. The summed E-state index contributed by atoms with van der Waals surface area (Å²) in [6.07, 6.45) is 3.89. The van der Waals surface area contributed by atoms with E-state index in [0.29, 0.717) is 31.0 Å². The quantitative estimate of drug-likeness (QED) is 0.669. The van der Waals surface area contributed by atoms with Gasteiger partial charge in [-0.3, -0.25) is 4.79 Å². The van der Waals surface area contributed by atoms with Crippen LogP contribution < -0.4 is 14.4 Å². The molecule has 1 fully saturated rings. The second-order valence-electron chi connectivity index (χ2n) is 6.69. The summed E-state index contributed by atoms with van der Waals surface area (Å²) in [5, 5.41) is 4.58. The minimum Gasteiger partial charge on any atom is -0.497 e. The number of imidazole rings is 1. The van der Waals surface area contributed by atoms with Gasteiger partial charge in [0, 0.05) is 44.6 Å². The molecule has 8 nitrogen and oxygen atoms in total. The molecule has 0 atom stereocenters. The van der Waals surface area contributed by atoms with Crippen molar-refractivity contribution in [3.63, 3.8) is 0 Å². The van der Waals surface area contributed by atoms with Crippen molar-refractivity contribution in [1.29, 1.82) is 0 Å². The van der Waals surface area contributed by atoms with Gasteiger partial charge in [-0.05, 0) is 29.8 Å². The lowest BCUT2D eigenvalue weighted by Crippen LogP contribution is -2.49. The third-order valence-corrected chi connectivity index (χ3v) is 4.96. The highest BCUT2D eigenvalue weighted by Crippen LogP contribution is 2.23. The maximum atomic E-state index is 12.7. The number of fused-ring (bicyclic) bond motifs is 1. The van der Waals surface area contributed by atoms with E-state index >= 15 is 0 Å². The van der Waals surface area contributed by atoms with E-state index in [1.54, 1.807) is 31.0 Å². The molecule has 0 saturated carbocycles. The third-order valence-electron chi connectivity index (χ3n) is 4.96. The molecule has 0 N–H and O–H groups in total. The summed E-state index contributed by atoms with van der Waals surface area (Å²) in [6, 6.07) is 9.48. The summed E-state index contributed by atoms with van der Waals surface area (Å²) in [7, 11) is 3.21. The number of methoxy groups -OCH3 is 2. The van der Waals surface area contributed by atoms with Crippen LogP contribution in [0, 0.1) is 0 Å². The zero-order chi connectivity index (χ0) is 19.5. The van der Waals surface area contributed by atoms with Crippen molar-refractivity contribution in [3.8, 4) is 11.5 Å². The highest BCUT2D eigenvalue weighted by atomic mass is 16.5. The Hall–Kier alpha value is -3.29. The zero-order valence-corrected chi connectivity index (χ0v) is 16.0. The van der Waals surface area contributed by atoms with Gasteiger partial charge in [-0.25, -0.2) is 9.50 Å². The molecule has 0 bridgehead atoms. The van der Waals surface area contributed by atoms with Crippen molar-refractivity contribution in [1.82, 2.24) is 19.5 Å². The summed E-state index contributed by atoms with van der Waals surface area (Å²) >= 11 is 0. The maximum Gasteiger partial charge on any atom is 0.227 e. The normalized spacial score (nSPS) is 14.4. The van der Waals surface area contributed by atoms with Crippen molar-refractivity contribution >= 4 is 17.4 Å². The molecular weight excluding hydrogens is 358 g/mol. The number of rotatable bonds is 5. The number of anilines is 1. The third kappa shape index (κ3) is 3.71. The van der Waals surface area contributed by atoms with Crippen LogP contribution in [0.5, 0.6) is 11.5 Å². The van der Waals surface area contributed by atoms with Crippen LogP contribution in [0.25, 0.3) is 5.65 Å². The van der Waals surface area contributed by atoms with Crippen molar-refractivity contribution in [2.24, 2.45) is 0 Å². The number of hydrogen-bond acceptors (Lipinski definition) is 6. The molecular formula is C20H23N5O3. The molecule has 1 saturated heterocycles. The number of nitrogens with zero attached hydrogens (tertiary/aromatic N) is 5. The summed E-state index contributed by atoms with van der Waals surface area (Å²) in [5.41, 5.74) is 1.71. The Labute approximate surface area is 163 Å². The fourth-order valence-electron chi connectivity index (χ4n) is 3.41. The first kappa shape index (κ1) is 18.1. The molecule has 0 spiro atoms. The van der Waals surface area contributed by atoms with E-state index in [1.807, 2.05) is 35.4 Å². The van der Waals surface area contributed by atoms with Gasteiger partial charge in [-0.1, -0.05) is 0 Å². The van der Waals surface area contributed by atoms with Gasteiger partial charge in [0.15, 0.2) is 5.65 Å². The molecule has 0 radical (unpaired) electrons. The molecule has 1 aliphatic heterocycles. The van der Waals surface area contributed by atoms with E-state index in [2.05, 4.69) is 15.0 Å². The average Bonchev–Trinajstić information content (AvgIpc) is 3.21. The van der Waals surface area contributed by atoms with Crippen molar-refractivity contribution in [3.05, 3.63) is 48.3 Å². The Balaban J connectivity index is 1.38. The summed E-state index contributed by atoms with van der Waals surface area (Å²) in [6.45, 7) is 2.84. The summed E-state index contributed by atoms with van der Waals surface area (Å²) < 4.78 is 12.3. The first-order valence-corrected chi connectivity index (χ1v) is 9.21. The molecule has 1 amide bonds. The first-order valence-electron chi connectivity index (χ1n) is 9.21. The largest absolute Gasteiger partial charge is 0.497 e. The maximum absolute atomic E-state index is 12.7. The Morgan fingerprint density at radius 1 is 1.04 bits per heavy atom. The molecule has 146 valence electrons. The molecule has 0 aliphatic carbocycles. The van der Waals surface area contributed by atoms with Crippen LogP contribution in [-0.4, -0.2) is 65.8 Å². The van der Waals surface area contributed by atoms with Gasteiger partial charge in [0.05, 0.1) is 20.6 Å². The van der Waals surface area contributed by atoms with E-state index < -0.39 is 0 Å². The number of carbonyl (C=O) groups is 1. The lowest BCUT2D eigenvalue weighted by molar-refractivity contribution is -0.130. The zero-order valence-electron chi connectivity index (χ0n) is 16.0. The molecule has 3 heterocycles. The number of hydrogen-bond donors (Lipinski definition) is 0. The predicted molar refractivity (Wildman–Crippen MR) is 105 cm³/mol. The molecule has 1 aliphatic rings. The number of piperazine rings is 1. The van der Waals surface area contributed by atoms with Crippen molar-refractivity contribution in [2.75, 3.05) is 45.3 Å². The van der Waals surface area contributed by atoms with Crippen LogP contribution >= 0.6 is 0 Å². The number of carbonyl (C=O) groups excluding carboxylic acids is 1. The first-order chi connectivity index (χ1) is 13.7. The SMILES string of the molecule is COc1cc(CC(=O)N2CCN(c3ccc4nccn4n3)CC2)cc(OC)c1.